The quantitative estimate of drug-likeness (QED) is 0.762. The number of aliphatic hydroxyl groups is 1. The van der Waals surface area contributed by atoms with Gasteiger partial charge in [0, 0.05) is 6.20 Å². The van der Waals surface area contributed by atoms with Gasteiger partial charge in [-0.05, 0) is 37.8 Å². The number of anilines is 1. The number of aryl methyl sites for hydroxylation is 1. The predicted octanol–water partition coefficient (Wildman–Crippen LogP) is 2.25. The summed E-state index contributed by atoms with van der Waals surface area (Å²) >= 11 is 0. The molecule has 1 unspecified atom stereocenters. The molecule has 0 amide bonds. The average Bonchev–Trinajstić information content (AvgIpc) is 2.93. The maximum absolute atomic E-state index is 9.66. The fourth-order valence-electron chi connectivity index (χ4n) is 3.07. The second-order valence-corrected chi connectivity index (χ2v) is 5.93. The molecule has 3 aromatic heterocycles. The average molecular weight is 311 g/mol. The minimum Gasteiger partial charge on any atom is -0.393 e. The molecule has 3 heterocycles. The van der Waals surface area contributed by atoms with Crippen LogP contribution in [0.15, 0.2) is 35.2 Å². The van der Waals surface area contributed by atoms with Crippen molar-refractivity contribution in [3.63, 3.8) is 0 Å². The molecule has 0 saturated heterocycles. The first-order valence-electron chi connectivity index (χ1n) is 7.65. The van der Waals surface area contributed by atoms with Gasteiger partial charge in [-0.2, -0.15) is 4.98 Å². The van der Waals surface area contributed by atoms with Crippen LogP contribution in [0.25, 0.3) is 11.1 Å². The van der Waals surface area contributed by atoms with E-state index < -0.39 is 0 Å². The molecule has 3 aromatic rings. The summed E-state index contributed by atoms with van der Waals surface area (Å²) in [6.07, 6.45) is 4.52. The SMILES string of the molecule is Cc1noc2ncnc(NC(c3ccccn3)C3CC(O)C3)c12. The number of aliphatic hydroxyl groups excluding tert-OH is 1. The summed E-state index contributed by atoms with van der Waals surface area (Å²) in [5.41, 5.74) is 2.15. The summed E-state index contributed by atoms with van der Waals surface area (Å²) in [5.74, 6) is 0.996. The van der Waals surface area contributed by atoms with Crippen molar-refractivity contribution in [2.75, 3.05) is 5.32 Å². The second-order valence-electron chi connectivity index (χ2n) is 5.93. The van der Waals surface area contributed by atoms with Crippen LogP contribution >= 0.6 is 0 Å². The van der Waals surface area contributed by atoms with Crippen LogP contribution < -0.4 is 5.32 Å². The largest absolute Gasteiger partial charge is 0.393 e. The molecule has 1 atom stereocenters. The van der Waals surface area contributed by atoms with Gasteiger partial charge in [-0.25, -0.2) is 4.98 Å². The van der Waals surface area contributed by atoms with Crippen molar-refractivity contribution < 1.29 is 9.63 Å². The summed E-state index contributed by atoms with van der Waals surface area (Å²) in [5, 5.41) is 17.9. The zero-order valence-corrected chi connectivity index (χ0v) is 12.7. The fourth-order valence-corrected chi connectivity index (χ4v) is 3.07. The lowest BCUT2D eigenvalue weighted by molar-refractivity contribution is 0.0334. The zero-order chi connectivity index (χ0) is 15.8. The van der Waals surface area contributed by atoms with E-state index in [-0.39, 0.29) is 12.1 Å². The summed E-state index contributed by atoms with van der Waals surface area (Å²) in [6, 6.07) is 5.82. The van der Waals surface area contributed by atoms with Crippen molar-refractivity contribution in [2.24, 2.45) is 5.92 Å². The molecule has 1 fully saturated rings. The van der Waals surface area contributed by atoms with E-state index in [1.165, 1.54) is 6.33 Å². The van der Waals surface area contributed by atoms with E-state index in [2.05, 4.69) is 25.4 Å². The van der Waals surface area contributed by atoms with Crippen LogP contribution in [0.2, 0.25) is 0 Å². The summed E-state index contributed by atoms with van der Waals surface area (Å²) < 4.78 is 5.20. The predicted molar refractivity (Wildman–Crippen MR) is 83.7 cm³/mol. The molecule has 4 rings (SSSR count). The minimum atomic E-state index is -0.226. The Morgan fingerprint density at radius 2 is 2.13 bits per heavy atom. The lowest BCUT2D eigenvalue weighted by Crippen LogP contribution is -2.36. The van der Waals surface area contributed by atoms with E-state index in [4.69, 9.17) is 4.52 Å². The van der Waals surface area contributed by atoms with Gasteiger partial charge >= 0.3 is 0 Å². The Hall–Kier alpha value is -2.54. The van der Waals surface area contributed by atoms with E-state index >= 15 is 0 Å². The Labute approximate surface area is 132 Å². The van der Waals surface area contributed by atoms with Crippen molar-refractivity contribution in [2.45, 2.75) is 31.9 Å². The van der Waals surface area contributed by atoms with Crippen molar-refractivity contribution in [3.05, 3.63) is 42.1 Å². The van der Waals surface area contributed by atoms with Gasteiger partial charge < -0.3 is 14.9 Å². The van der Waals surface area contributed by atoms with Gasteiger partial charge in [-0.1, -0.05) is 11.2 Å². The smallest absolute Gasteiger partial charge is 0.263 e. The molecular formula is C16H17N5O2. The fraction of sp³-hybridized carbons (Fsp3) is 0.375. The monoisotopic (exact) mass is 311 g/mol. The topological polar surface area (TPSA) is 97.0 Å². The van der Waals surface area contributed by atoms with E-state index in [1.807, 2.05) is 25.1 Å². The number of rotatable bonds is 4. The van der Waals surface area contributed by atoms with E-state index in [0.29, 0.717) is 17.4 Å². The molecule has 0 bridgehead atoms. The van der Waals surface area contributed by atoms with Crippen molar-refractivity contribution >= 4 is 16.9 Å². The third-order valence-electron chi connectivity index (χ3n) is 4.36. The molecule has 118 valence electrons. The molecule has 0 aliphatic heterocycles. The van der Waals surface area contributed by atoms with Crippen LogP contribution in [0.3, 0.4) is 0 Å². The van der Waals surface area contributed by atoms with Crippen molar-refractivity contribution in [1.29, 1.82) is 0 Å². The molecule has 2 N–H and O–H groups in total. The van der Waals surface area contributed by atoms with Gasteiger partial charge in [0.1, 0.15) is 17.5 Å². The van der Waals surface area contributed by atoms with E-state index in [0.717, 1.165) is 29.6 Å². The first-order valence-corrected chi connectivity index (χ1v) is 7.65. The van der Waals surface area contributed by atoms with Gasteiger partial charge in [0.15, 0.2) is 0 Å². The number of pyridine rings is 1. The maximum atomic E-state index is 9.66. The Kier molecular flexibility index (Phi) is 3.42. The highest BCUT2D eigenvalue weighted by molar-refractivity contribution is 5.87. The summed E-state index contributed by atoms with van der Waals surface area (Å²) in [7, 11) is 0. The van der Waals surface area contributed by atoms with Gasteiger partial charge in [0.2, 0.25) is 0 Å². The molecule has 0 radical (unpaired) electrons. The highest BCUT2D eigenvalue weighted by Gasteiger charge is 2.36. The molecule has 0 spiro atoms. The number of hydrogen-bond acceptors (Lipinski definition) is 7. The van der Waals surface area contributed by atoms with Gasteiger partial charge in [0.05, 0.1) is 23.5 Å². The number of nitrogens with one attached hydrogen (secondary N) is 1. The Balaban J connectivity index is 1.71. The standard InChI is InChI=1S/C16H17N5O2/c1-9-13-15(18-8-19-16(13)23-21-9)20-14(10-6-11(22)7-10)12-4-2-3-5-17-12/h2-5,8,10-11,14,22H,6-7H2,1H3,(H,18,19,20). The molecule has 1 saturated carbocycles. The van der Waals surface area contributed by atoms with Crippen LogP contribution in [0.5, 0.6) is 0 Å². The maximum Gasteiger partial charge on any atom is 0.263 e. The van der Waals surface area contributed by atoms with Crippen LogP contribution in [-0.4, -0.2) is 31.3 Å². The summed E-state index contributed by atoms with van der Waals surface area (Å²) in [4.78, 5) is 12.9. The van der Waals surface area contributed by atoms with Crippen LogP contribution in [0.1, 0.15) is 30.3 Å². The second kappa shape index (κ2) is 5.58. The van der Waals surface area contributed by atoms with Crippen LogP contribution in [-0.2, 0) is 0 Å². The molecule has 1 aliphatic rings. The molecule has 7 nitrogen and oxygen atoms in total. The zero-order valence-electron chi connectivity index (χ0n) is 12.7. The Bertz CT molecular complexity index is 814. The van der Waals surface area contributed by atoms with E-state index in [9.17, 15) is 5.11 Å². The third-order valence-corrected chi connectivity index (χ3v) is 4.36. The Morgan fingerprint density at radius 3 is 2.87 bits per heavy atom. The summed E-state index contributed by atoms with van der Waals surface area (Å²) in [6.45, 7) is 1.86. The lowest BCUT2D eigenvalue weighted by Gasteiger charge is -2.38. The van der Waals surface area contributed by atoms with Crippen LogP contribution in [0.4, 0.5) is 5.82 Å². The van der Waals surface area contributed by atoms with Crippen LogP contribution in [0, 0.1) is 12.8 Å². The van der Waals surface area contributed by atoms with Gasteiger partial charge in [-0.15, -0.1) is 0 Å². The molecule has 0 aromatic carbocycles. The Morgan fingerprint density at radius 1 is 1.26 bits per heavy atom. The lowest BCUT2D eigenvalue weighted by atomic mass is 9.76. The number of aromatic nitrogens is 4. The first kappa shape index (κ1) is 14.1. The molecule has 1 aliphatic carbocycles. The molecule has 7 heteroatoms. The van der Waals surface area contributed by atoms with E-state index in [1.54, 1.807) is 6.20 Å². The normalized spacial score (nSPS) is 21.8. The number of hydrogen-bond donors (Lipinski definition) is 2. The highest BCUT2D eigenvalue weighted by Crippen LogP contribution is 2.40. The third kappa shape index (κ3) is 2.53. The first-order chi connectivity index (χ1) is 11.2. The van der Waals surface area contributed by atoms with Crippen molar-refractivity contribution in [1.82, 2.24) is 20.1 Å². The number of fused-ring (bicyclic) bond motifs is 1. The van der Waals surface area contributed by atoms with Gasteiger partial charge in [-0.3, -0.25) is 4.98 Å². The molecular weight excluding hydrogens is 294 g/mol. The minimum absolute atomic E-state index is 0.0213. The highest BCUT2D eigenvalue weighted by atomic mass is 16.5. The number of nitrogens with zero attached hydrogens (tertiary/aromatic N) is 4. The molecule has 23 heavy (non-hydrogen) atoms. The van der Waals surface area contributed by atoms with Crippen molar-refractivity contribution in [3.8, 4) is 0 Å². The van der Waals surface area contributed by atoms with Gasteiger partial charge in [0.25, 0.3) is 5.71 Å².